The van der Waals surface area contributed by atoms with Gasteiger partial charge in [-0.2, -0.15) is 0 Å². The molecule has 0 aliphatic carbocycles. The minimum absolute atomic E-state index is 0.0455. The lowest BCUT2D eigenvalue weighted by Crippen LogP contribution is -2.53. The number of ether oxygens (including phenoxy) is 1. The molecule has 0 fully saturated rings. The van der Waals surface area contributed by atoms with Gasteiger partial charge >= 0.3 is 0 Å². The smallest absolute Gasteiger partial charge is 0.244 e. The molecule has 0 saturated carbocycles. The van der Waals surface area contributed by atoms with Crippen molar-refractivity contribution in [3.63, 3.8) is 0 Å². The molecule has 0 aromatic heterocycles. The lowest BCUT2D eigenvalue weighted by Gasteiger charge is -2.33. The Balaban J connectivity index is 2.45. The SMILES string of the molecule is CCOc1ccccc1N(CC(=O)N(Cc1ccccc1)[C@H](CC)C(=O)N[C@@H](C)CC)S(C)(=O)=O. The molecule has 8 nitrogen and oxygen atoms in total. The Bertz CT molecular complexity index is 1080. The maximum atomic E-state index is 13.7. The van der Waals surface area contributed by atoms with Gasteiger partial charge < -0.3 is 15.0 Å². The maximum absolute atomic E-state index is 13.7. The molecule has 2 amide bonds. The number of sulfonamides is 1. The fraction of sp³-hybridized carbons (Fsp3) is 0.462. The maximum Gasteiger partial charge on any atom is 0.244 e. The number of hydrogen-bond donors (Lipinski definition) is 1. The van der Waals surface area contributed by atoms with Gasteiger partial charge in [0, 0.05) is 12.6 Å². The van der Waals surface area contributed by atoms with Gasteiger partial charge in [0.15, 0.2) is 0 Å². The largest absolute Gasteiger partial charge is 0.492 e. The average Bonchev–Trinajstić information content (AvgIpc) is 2.82. The highest BCUT2D eigenvalue weighted by molar-refractivity contribution is 7.92. The number of anilines is 1. The van der Waals surface area contributed by atoms with E-state index in [-0.39, 0.29) is 24.2 Å². The van der Waals surface area contributed by atoms with Crippen LogP contribution >= 0.6 is 0 Å². The van der Waals surface area contributed by atoms with Gasteiger partial charge in [-0.1, -0.05) is 56.3 Å². The zero-order chi connectivity index (χ0) is 26.0. The van der Waals surface area contributed by atoms with Gasteiger partial charge in [0.2, 0.25) is 21.8 Å². The minimum atomic E-state index is -3.83. The number of nitrogens with zero attached hydrogens (tertiary/aromatic N) is 2. The summed E-state index contributed by atoms with van der Waals surface area (Å²) in [5.41, 5.74) is 1.12. The zero-order valence-electron chi connectivity index (χ0n) is 21.2. The summed E-state index contributed by atoms with van der Waals surface area (Å²) in [6, 6.07) is 15.2. The molecule has 0 aliphatic rings. The number of carbonyl (C=O) groups excluding carboxylic acids is 2. The predicted molar refractivity (Wildman–Crippen MR) is 139 cm³/mol. The molecular formula is C26H37N3O5S. The van der Waals surface area contributed by atoms with E-state index in [0.29, 0.717) is 18.8 Å². The van der Waals surface area contributed by atoms with Gasteiger partial charge in [0.05, 0.1) is 18.6 Å². The molecule has 0 heterocycles. The number of nitrogens with one attached hydrogen (secondary N) is 1. The second-order valence-corrected chi connectivity index (χ2v) is 10.3. The first-order valence-corrected chi connectivity index (χ1v) is 13.8. The van der Waals surface area contributed by atoms with Crippen molar-refractivity contribution in [3.05, 3.63) is 60.2 Å². The molecule has 0 spiro atoms. The Kier molecular flexibility index (Phi) is 10.6. The molecular weight excluding hydrogens is 466 g/mol. The molecule has 0 radical (unpaired) electrons. The summed E-state index contributed by atoms with van der Waals surface area (Å²) >= 11 is 0. The molecule has 0 bridgehead atoms. The third-order valence-electron chi connectivity index (χ3n) is 5.70. The van der Waals surface area contributed by atoms with Crippen LogP contribution < -0.4 is 14.4 Å². The number of para-hydroxylation sites is 2. The molecule has 0 unspecified atom stereocenters. The summed E-state index contributed by atoms with van der Waals surface area (Å²) in [6.07, 6.45) is 2.19. The summed E-state index contributed by atoms with van der Waals surface area (Å²) in [7, 11) is -3.83. The second kappa shape index (κ2) is 13.1. The molecule has 0 saturated heterocycles. The fourth-order valence-corrected chi connectivity index (χ4v) is 4.53. The van der Waals surface area contributed by atoms with Gasteiger partial charge in [-0.15, -0.1) is 0 Å². The van der Waals surface area contributed by atoms with Crippen LogP contribution in [-0.4, -0.2) is 56.6 Å². The molecule has 2 atom stereocenters. The van der Waals surface area contributed by atoms with Crippen LogP contribution in [0.25, 0.3) is 0 Å². The van der Waals surface area contributed by atoms with Crippen LogP contribution in [0, 0.1) is 0 Å². The fourth-order valence-electron chi connectivity index (χ4n) is 3.68. The molecule has 35 heavy (non-hydrogen) atoms. The van der Waals surface area contributed by atoms with E-state index < -0.39 is 28.5 Å². The molecule has 2 aromatic rings. The van der Waals surface area contributed by atoms with Crippen molar-refractivity contribution in [2.24, 2.45) is 0 Å². The van der Waals surface area contributed by atoms with Gasteiger partial charge in [-0.05, 0) is 44.4 Å². The molecule has 1 N–H and O–H groups in total. The summed E-state index contributed by atoms with van der Waals surface area (Å²) in [4.78, 5) is 28.3. The van der Waals surface area contributed by atoms with Crippen molar-refractivity contribution in [2.75, 3.05) is 23.7 Å². The van der Waals surface area contributed by atoms with Crippen LogP contribution in [0.15, 0.2) is 54.6 Å². The van der Waals surface area contributed by atoms with Crippen LogP contribution in [-0.2, 0) is 26.2 Å². The van der Waals surface area contributed by atoms with E-state index in [4.69, 9.17) is 4.74 Å². The molecule has 9 heteroatoms. The molecule has 192 valence electrons. The Hall–Kier alpha value is -3.07. The highest BCUT2D eigenvalue weighted by atomic mass is 32.2. The van der Waals surface area contributed by atoms with Crippen molar-refractivity contribution in [1.82, 2.24) is 10.2 Å². The molecule has 2 aromatic carbocycles. The van der Waals surface area contributed by atoms with Crippen molar-refractivity contribution < 1.29 is 22.7 Å². The summed E-state index contributed by atoms with van der Waals surface area (Å²) in [5, 5.41) is 2.96. The first-order valence-electron chi connectivity index (χ1n) is 12.0. The highest BCUT2D eigenvalue weighted by Gasteiger charge is 2.32. The quantitative estimate of drug-likeness (QED) is 0.451. The zero-order valence-corrected chi connectivity index (χ0v) is 22.0. The lowest BCUT2D eigenvalue weighted by molar-refractivity contribution is -0.140. The third kappa shape index (κ3) is 7.99. The van der Waals surface area contributed by atoms with Gasteiger partial charge in [-0.25, -0.2) is 8.42 Å². The summed E-state index contributed by atoms with van der Waals surface area (Å²) < 4.78 is 32.2. The van der Waals surface area contributed by atoms with Crippen LogP contribution in [0.2, 0.25) is 0 Å². The Labute approximate surface area is 209 Å². The summed E-state index contributed by atoms with van der Waals surface area (Å²) in [5.74, 6) is -0.368. The highest BCUT2D eigenvalue weighted by Crippen LogP contribution is 2.30. The number of carbonyl (C=O) groups is 2. The number of rotatable bonds is 13. The van der Waals surface area contributed by atoms with Crippen molar-refractivity contribution >= 4 is 27.5 Å². The van der Waals surface area contributed by atoms with Crippen LogP contribution in [0.1, 0.15) is 46.1 Å². The van der Waals surface area contributed by atoms with Gasteiger partial charge in [0.1, 0.15) is 18.3 Å². The third-order valence-corrected chi connectivity index (χ3v) is 6.82. The van der Waals surface area contributed by atoms with Crippen molar-refractivity contribution in [3.8, 4) is 5.75 Å². The topological polar surface area (TPSA) is 96.0 Å². The Morgan fingerprint density at radius 1 is 0.971 bits per heavy atom. The Morgan fingerprint density at radius 3 is 2.17 bits per heavy atom. The van der Waals surface area contributed by atoms with E-state index in [2.05, 4.69) is 5.32 Å². The van der Waals surface area contributed by atoms with Gasteiger partial charge in [-0.3, -0.25) is 13.9 Å². The van der Waals surface area contributed by atoms with Crippen LogP contribution in [0.4, 0.5) is 5.69 Å². The predicted octanol–water partition coefficient (Wildman–Crippen LogP) is 3.57. The summed E-state index contributed by atoms with van der Waals surface area (Å²) in [6.45, 7) is 7.58. The van der Waals surface area contributed by atoms with Gasteiger partial charge in [0.25, 0.3) is 0 Å². The van der Waals surface area contributed by atoms with E-state index >= 15 is 0 Å². The van der Waals surface area contributed by atoms with Crippen LogP contribution in [0.5, 0.6) is 5.75 Å². The van der Waals surface area contributed by atoms with E-state index in [1.165, 1.54) is 4.90 Å². The van der Waals surface area contributed by atoms with Crippen molar-refractivity contribution in [1.29, 1.82) is 0 Å². The lowest BCUT2D eigenvalue weighted by atomic mass is 10.1. The minimum Gasteiger partial charge on any atom is -0.492 e. The Morgan fingerprint density at radius 2 is 1.60 bits per heavy atom. The standard InChI is InChI=1S/C26H37N3O5S/c1-6-20(4)27-26(31)22(7-2)28(18-21-14-10-9-11-15-21)25(30)19-29(35(5,32)33)23-16-12-13-17-24(23)34-8-3/h9-17,20,22H,6-8,18-19H2,1-5H3,(H,27,31)/t20-,22+/m0/s1. The monoisotopic (exact) mass is 503 g/mol. The van der Waals surface area contributed by atoms with E-state index in [9.17, 15) is 18.0 Å². The number of benzene rings is 2. The molecule has 0 aliphatic heterocycles. The number of hydrogen-bond acceptors (Lipinski definition) is 5. The van der Waals surface area contributed by atoms with Crippen molar-refractivity contribution in [2.45, 2.75) is 59.2 Å². The average molecular weight is 504 g/mol. The van der Waals surface area contributed by atoms with Crippen LogP contribution in [0.3, 0.4) is 0 Å². The van der Waals surface area contributed by atoms with E-state index in [1.54, 1.807) is 31.2 Å². The van der Waals surface area contributed by atoms with E-state index in [0.717, 1.165) is 22.5 Å². The van der Waals surface area contributed by atoms with E-state index in [1.807, 2.05) is 51.1 Å². The molecule has 2 rings (SSSR count). The second-order valence-electron chi connectivity index (χ2n) is 8.42. The normalized spacial score (nSPS) is 12.9. The number of amides is 2. The first-order chi connectivity index (χ1) is 16.6. The first kappa shape index (κ1) is 28.2.